The molecule has 1 aliphatic rings. The summed E-state index contributed by atoms with van der Waals surface area (Å²) >= 11 is 9.82. The molecule has 1 saturated heterocycles. The lowest BCUT2D eigenvalue weighted by Crippen LogP contribution is -2.54. The Hall–Kier alpha value is -3.62. The van der Waals surface area contributed by atoms with Gasteiger partial charge in [0.1, 0.15) is 12.2 Å². The molecule has 0 aliphatic carbocycles. The van der Waals surface area contributed by atoms with Crippen molar-refractivity contribution in [1.29, 1.82) is 0 Å². The molecule has 0 radical (unpaired) electrons. The van der Waals surface area contributed by atoms with E-state index in [1.165, 1.54) is 6.08 Å². The molecule has 0 atom stereocenters. The van der Waals surface area contributed by atoms with Gasteiger partial charge in [-0.2, -0.15) is 0 Å². The second kappa shape index (κ2) is 10.8. The Bertz CT molecular complexity index is 1310. The van der Waals surface area contributed by atoms with Gasteiger partial charge in [-0.1, -0.05) is 57.9 Å². The normalized spacial score (nSPS) is 14.8. The van der Waals surface area contributed by atoms with Gasteiger partial charge in [-0.3, -0.25) is 14.9 Å². The summed E-state index contributed by atoms with van der Waals surface area (Å²) in [7, 11) is 0. The SMILES string of the molecule is CCOc1cc(/C=C2\C(=O)NC(=O)N(c3ccc(Br)cc3)C2=O)cc(Cl)c1OCc1ccccc1. The first-order chi connectivity index (χ1) is 16.9. The van der Waals surface area contributed by atoms with Crippen LogP contribution in [0.2, 0.25) is 5.02 Å². The van der Waals surface area contributed by atoms with Gasteiger partial charge in [-0.15, -0.1) is 0 Å². The number of amides is 4. The largest absolute Gasteiger partial charge is 0.490 e. The second-order valence-electron chi connectivity index (χ2n) is 7.47. The first-order valence-corrected chi connectivity index (χ1v) is 11.8. The molecular formula is C26H20BrClN2O5. The monoisotopic (exact) mass is 554 g/mol. The van der Waals surface area contributed by atoms with Crippen molar-refractivity contribution in [1.82, 2.24) is 5.32 Å². The van der Waals surface area contributed by atoms with Crippen LogP contribution in [0.15, 0.2) is 76.8 Å². The van der Waals surface area contributed by atoms with Crippen molar-refractivity contribution >= 4 is 57.1 Å². The third kappa shape index (κ3) is 5.55. The van der Waals surface area contributed by atoms with Crippen LogP contribution in [0.3, 0.4) is 0 Å². The fourth-order valence-corrected chi connectivity index (χ4v) is 3.99. The van der Waals surface area contributed by atoms with Crippen LogP contribution in [-0.2, 0) is 16.2 Å². The van der Waals surface area contributed by atoms with E-state index in [4.69, 9.17) is 21.1 Å². The topological polar surface area (TPSA) is 84.9 Å². The molecule has 4 rings (SSSR count). The molecule has 0 unspecified atom stereocenters. The Morgan fingerprint density at radius 3 is 2.40 bits per heavy atom. The second-order valence-corrected chi connectivity index (χ2v) is 8.79. The van der Waals surface area contributed by atoms with Crippen molar-refractivity contribution in [2.24, 2.45) is 0 Å². The van der Waals surface area contributed by atoms with Crippen LogP contribution in [0.25, 0.3) is 6.08 Å². The lowest BCUT2D eigenvalue weighted by Gasteiger charge is -2.26. The zero-order valence-electron chi connectivity index (χ0n) is 18.6. The number of halogens is 2. The van der Waals surface area contributed by atoms with Crippen molar-refractivity contribution in [3.63, 3.8) is 0 Å². The fourth-order valence-electron chi connectivity index (χ4n) is 3.45. The van der Waals surface area contributed by atoms with Gasteiger partial charge in [0.2, 0.25) is 0 Å². The van der Waals surface area contributed by atoms with E-state index in [9.17, 15) is 14.4 Å². The molecule has 3 aromatic rings. The third-order valence-corrected chi connectivity index (χ3v) is 5.86. The Labute approximate surface area is 215 Å². The van der Waals surface area contributed by atoms with Crippen LogP contribution in [0.1, 0.15) is 18.1 Å². The molecule has 1 heterocycles. The molecule has 0 saturated carbocycles. The fraction of sp³-hybridized carbons (Fsp3) is 0.115. The lowest BCUT2D eigenvalue weighted by molar-refractivity contribution is -0.122. The molecule has 0 aromatic heterocycles. The number of barbiturate groups is 1. The summed E-state index contributed by atoms with van der Waals surface area (Å²) in [5, 5.41) is 2.46. The molecule has 1 N–H and O–H groups in total. The van der Waals surface area contributed by atoms with Crippen molar-refractivity contribution in [3.05, 3.63) is 92.9 Å². The van der Waals surface area contributed by atoms with E-state index in [0.717, 1.165) is 14.9 Å². The van der Waals surface area contributed by atoms with Gasteiger partial charge >= 0.3 is 6.03 Å². The minimum Gasteiger partial charge on any atom is -0.490 e. The summed E-state index contributed by atoms with van der Waals surface area (Å²) in [6.07, 6.45) is 1.37. The zero-order valence-corrected chi connectivity index (χ0v) is 20.9. The van der Waals surface area contributed by atoms with E-state index in [0.29, 0.717) is 29.4 Å². The number of anilines is 1. The quantitative estimate of drug-likeness (QED) is 0.297. The van der Waals surface area contributed by atoms with Crippen molar-refractivity contribution < 1.29 is 23.9 Å². The Kier molecular flexibility index (Phi) is 7.53. The molecule has 3 aromatic carbocycles. The van der Waals surface area contributed by atoms with Gasteiger partial charge < -0.3 is 9.47 Å². The van der Waals surface area contributed by atoms with Crippen molar-refractivity contribution in [2.45, 2.75) is 13.5 Å². The number of urea groups is 1. The van der Waals surface area contributed by atoms with Gasteiger partial charge in [-0.25, -0.2) is 9.69 Å². The number of carbonyl (C=O) groups is 3. The average molecular weight is 556 g/mol. The summed E-state index contributed by atoms with van der Waals surface area (Å²) in [5.41, 5.74) is 1.50. The molecule has 1 fully saturated rings. The molecule has 0 bridgehead atoms. The number of nitrogens with zero attached hydrogens (tertiary/aromatic N) is 1. The number of ether oxygens (including phenoxy) is 2. The summed E-state index contributed by atoms with van der Waals surface area (Å²) in [6, 6.07) is 18.5. The van der Waals surface area contributed by atoms with E-state index < -0.39 is 17.8 Å². The molecule has 35 heavy (non-hydrogen) atoms. The standard InChI is InChI=1S/C26H20BrClN2O5/c1-2-34-22-14-17(13-21(28)23(22)35-15-16-6-4-3-5-7-16)12-20-24(31)29-26(33)30(25(20)32)19-10-8-18(27)9-11-19/h3-14H,2,15H2,1H3,(H,29,31,33)/b20-12+. The van der Waals surface area contributed by atoms with E-state index in [1.54, 1.807) is 36.4 Å². The predicted octanol–water partition coefficient (Wildman–Crippen LogP) is 5.75. The Balaban J connectivity index is 1.66. The molecule has 9 heteroatoms. The number of imide groups is 2. The maximum Gasteiger partial charge on any atom is 0.335 e. The first-order valence-electron chi connectivity index (χ1n) is 10.7. The number of benzene rings is 3. The van der Waals surface area contributed by atoms with Crippen LogP contribution in [0.5, 0.6) is 11.5 Å². The van der Waals surface area contributed by atoms with Gasteiger partial charge in [-0.05, 0) is 60.5 Å². The number of hydrogen-bond acceptors (Lipinski definition) is 5. The van der Waals surface area contributed by atoms with E-state index >= 15 is 0 Å². The molecule has 0 spiro atoms. The minimum absolute atomic E-state index is 0.219. The maximum atomic E-state index is 13.1. The van der Waals surface area contributed by atoms with Crippen LogP contribution in [0.4, 0.5) is 10.5 Å². The Morgan fingerprint density at radius 1 is 1.00 bits per heavy atom. The van der Waals surface area contributed by atoms with Crippen molar-refractivity contribution in [2.75, 3.05) is 11.5 Å². The molecular weight excluding hydrogens is 536 g/mol. The smallest absolute Gasteiger partial charge is 0.335 e. The predicted molar refractivity (Wildman–Crippen MR) is 137 cm³/mol. The summed E-state index contributed by atoms with van der Waals surface area (Å²) in [4.78, 5) is 39.0. The molecule has 4 amide bonds. The van der Waals surface area contributed by atoms with E-state index in [1.807, 2.05) is 37.3 Å². The highest BCUT2D eigenvalue weighted by molar-refractivity contribution is 9.10. The Morgan fingerprint density at radius 2 is 1.71 bits per heavy atom. The molecule has 7 nitrogen and oxygen atoms in total. The molecule has 178 valence electrons. The van der Waals surface area contributed by atoms with Gasteiger partial charge in [0.15, 0.2) is 11.5 Å². The third-order valence-electron chi connectivity index (χ3n) is 5.06. The summed E-state index contributed by atoms with van der Waals surface area (Å²) < 4.78 is 12.4. The zero-order chi connectivity index (χ0) is 24.9. The van der Waals surface area contributed by atoms with Crippen LogP contribution in [-0.4, -0.2) is 24.5 Å². The van der Waals surface area contributed by atoms with E-state index in [-0.39, 0.29) is 17.2 Å². The number of rotatable bonds is 7. The summed E-state index contributed by atoms with van der Waals surface area (Å²) in [5.74, 6) is -0.829. The molecule has 1 aliphatic heterocycles. The average Bonchev–Trinajstić information content (AvgIpc) is 2.83. The van der Waals surface area contributed by atoms with Crippen LogP contribution in [0, 0.1) is 0 Å². The highest BCUT2D eigenvalue weighted by Gasteiger charge is 2.36. The number of carbonyl (C=O) groups excluding carboxylic acids is 3. The number of hydrogen-bond donors (Lipinski definition) is 1. The van der Waals surface area contributed by atoms with Crippen molar-refractivity contribution in [3.8, 4) is 11.5 Å². The van der Waals surface area contributed by atoms with Gasteiger partial charge in [0.05, 0.1) is 17.3 Å². The number of nitrogens with one attached hydrogen (secondary N) is 1. The summed E-state index contributed by atoms with van der Waals surface area (Å²) in [6.45, 7) is 2.45. The lowest BCUT2D eigenvalue weighted by atomic mass is 10.1. The highest BCUT2D eigenvalue weighted by Crippen LogP contribution is 2.38. The first kappa shape index (κ1) is 24.5. The maximum absolute atomic E-state index is 13.1. The minimum atomic E-state index is -0.822. The highest BCUT2D eigenvalue weighted by atomic mass is 79.9. The van der Waals surface area contributed by atoms with Crippen LogP contribution >= 0.6 is 27.5 Å². The van der Waals surface area contributed by atoms with E-state index in [2.05, 4.69) is 21.2 Å². The van der Waals surface area contributed by atoms with Gasteiger partial charge in [0.25, 0.3) is 11.8 Å². The van der Waals surface area contributed by atoms with Gasteiger partial charge in [0, 0.05) is 4.47 Å². The van der Waals surface area contributed by atoms with Crippen LogP contribution < -0.4 is 19.7 Å².